The summed E-state index contributed by atoms with van der Waals surface area (Å²) in [6.07, 6.45) is 3.18. The lowest BCUT2D eigenvalue weighted by Crippen LogP contribution is -2.29. The van der Waals surface area contributed by atoms with Crippen LogP contribution in [0.25, 0.3) is 0 Å². The highest BCUT2D eigenvalue weighted by Crippen LogP contribution is 2.02. The van der Waals surface area contributed by atoms with E-state index in [-0.39, 0.29) is 23.8 Å². The lowest BCUT2D eigenvalue weighted by Gasteiger charge is -2.09. The smallest absolute Gasteiger partial charge is 0.411 e. The van der Waals surface area contributed by atoms with Crippen LogP contribution >= 0.6 is 0 Å². The zero-order valence-corrected chi connectivity index (χ0v) is 7.66. The second-order valence-electron chi connectivity index (χ2n) is 2.56. The summed E-state index contributed by atoms with van der Waals surface area (Å²) < 4.78 is 4.59. The Labute approximate surface area is 80.9 Å². The minimum absolute atomic E-state index is 0.0657. The number of ether oxygens (including phenoxy) is 1. The Kier molecular flexibility index (Phi) is 3.17. The minimum atomic E-state index is -0.685. The number of amides is 1. The molecule has 0 atom stereocenters. The van der Waals surface area contributed by atoms with Gasteiger partial charge in [0.15, 0.2) is 0 Å². The molecule has 14 heavy (non-hydrogen) atoms. The van der Waals surface area contributed by atoms with E-state index in [9.17, 15) is 9.59 Å². The number of rotatable bonds is 2. The average molecular weight is 194 g/mol. The van der Waals surface area contributed by atoms with Gasteiger partial charge in [-0.1, -0.05) is 0 Å². The number of ketones is 1. The van der Waals surface area contributed by atoms with E-state index < -0.39 is 6.09 Å². The highest BCUT2D eigenvalue weighted by atomic mass is 16.5. The fourth-order valence-electron chi connectivity index (χ4n) is 0.905. The molecule has 2 N–H and O–H groups in total. The fraction of sp³-hybridized carbons (Fsp3) is 0.222. The standard InChI is InChI=1S/C9H10N2O3/c1-2-14-9(13)11-7-5-6(10)3-4-8(7)12/h3-5,10H,2H2,1H3,(H,11,13). The summed E-state index contributed by atoms with van der Waals surface area (Å²) in [5.41, 5.74) is 0.229. The van der Waals surface area contributed by atoms with Crippen molar-refractivity contribution in [3.8, 4) is 0 Å². The van der Waals surface area contributed by atoms with E-state index in [4.69, 9.17) is 5.41 Å². The van der Waals surface area contributed by atoms with Gasteiger partial charge in [0.1, 0.15) is 0 Å². The first-order valence-corrected chi connectivity index (χ1v) is 4.10. The molecule has 0 aromatic heterocycles. The van der Waals surface area contributed by atoms with Crippen LogP contribution in [0, 0.1) is 5.41 Å². The second-order valence-corrected chi connectivity index (χ2v) is 2.56. The maximum Gasteiger partial charge on any atom is 0.411 e. The average Bonchev–Trinajstić information content (AvgIpc) is 2.12. The molecule has 0 unspecified atom stereocenters. The zero-order valence-electron chi connectivity index (χ0n) is 7.66. The number of alkyl carbamates (subject to hydrolysis) is 1. The Morgan fingerprint density at radius 1 is 1.57 bits per heavy atom. The van der Waals surface area contributed by atoms with Gasteiger partial charge in [-0.15, -0.1) is 0 Å². The Morgan fingerprint density at radius 2 is 2.29 bits per heavy atom. The van der Waals surface area contributed by atoms with E-state index in [0.29, 0.717) is 0 Å². The molecule has 5 heteroatoms. The molecule has 0 aromatic rings. The highest BCUT2D eigenvalue weighted by molar-refractivity contribution is 6.18. The molecule has 1 amide bonds. The van der Waals surface area contributed by atoms with Gasteiger partial charge in [0.25, 0.3) is 0 Å². The topological polar surface area (TPSA) is 79.2 Å². The van der Waals surface area contributed by atoms with E-state index in [1.54, 1.807) is 6.92 Å². The van der Waals surface area contributed by atoms with E-state index >= 15 is 0 Å². The molecular formula is C9H10N2O3. The SMILES string of the molecule is CCOC(=O)NC1=CC(=N)C=CC1=O. The summed E-state index contributed by atoms with van der Waals surface area (Å²) in [4.78, 5) is 22.1. The predicted octanol–water partition coefficient (Wildman–Crippen LogP) is 0.775. The van der Waals surface area contributed by atoms with E-state index in [1.165, 1.54) is 18.2 Å². The summed E-state index contributed by atoms with van der Waals surface area (Å²) >= 11 is 0. The van der Waals surface area contributed by atoms with Gasteiger partial charge in [-0.05, 0) is 25.2 Å². The van der Waals surface area contributed by atoms with E-state index in [0.717, 1.165) is 0 Å². The van der Waals surface area contributed by atoms with Gasteiger partial charge >= 0.3 is 6.09 Å². The molecule has 0 fully saturated rings. The van der Waals surface area contributed by atoms with Crippen LogP contribution in [0.1, 0.15) is 6.92 Å². The van der Waals surface area contributed by atoms with Crippen molar-refractivity contribution in [3.63, 3.8) is 0 Å². The lowest BCUT2D eigenvalue weighted by atomic mass is 10.1. The van der Waals surface area contributed by atoms with Gasteiger partial charge in [0, 0.05) is 0 Å². The van der Waals surface area contributed by atoms with Gasteiger partial charge in [-0.2, -0.15) is 0 Å². The fourth-order valence-corrected chi connectivity index (χ4v) is 0.905. The maximum atomic E-state index is 11.2. The number of hydrogen-bond donors (Lipinski definition) is 2. The number of carbonyl (C=O) groups excluding carboxylic acids is 2. The molecule has 0 aliphatic heterocycles. The number of nitrogens with one attached hydrogen (secondary N) is 2. The zero-order chi connectivity index (χ0) is 10.6. The molecule has 74 valence electrons. The van der Waals surface area contributed by atoms with Crippen LogP contribution in [0.4, 0.5) is 4.79 Å². The van der Waals surface area contributed by atoms with Crippen molar-refractivity contribution in [3.05, 3.63) is 23.9 Å². The molecule has 0 bridgehead atoms. The summed E-state index contributed by atoms with van der Waals surface area (Å²) in [5, 5.41) is 9.51. The molecule has 5 nitrogen and oxygen atoms in total. The van der Waals surface area contributed by atoms with Crippen LogP contribution in [0.3, 0.4) is 0 Å². The van der Waals surface area contributed by atoms with Crippen LogP contribution in [0.15, 0.2) is 23.9 Å². The van der Waals surface area contributed by atoms with Gasteiger partial charge in [0.05, 0.1) is 18.0 Å². The van der Waals surface area contributed by atoms with Crippen LogP contribution in [-0.4, -0.2) is 24.2 Å². The molecule has 0 aromatic carbocycles. The quantitative estimate of drug-likeness (QED) is 0.637. The van der Waals surface area contributed by atoms with Crippen molar-refractivity contribution in [1.29, 1.82) is 5.41 Å². The minimum Gasteiger partial charge on any atom is -0.450 e. The van der Waals surface area contributed by atoms with Crippen molar-refractivity contribution in [2.24, 2.45) is 0 Å². The first-order chi connectivity index (χ1) is 6.63. The number of carbonyl (C=O) groups is 2. The third kappa shape index (κ3) is 2.55. The first kappa shape index (κ1) is 10.2. The number of hydrogen-bond acceptors (Lipinski definition) is 4. The molecular weight excluding hydrogens is 184 g/mol. The molecule has 0 saturated carbocycles. The third-order valence-electron chi connectivity index (χ3n) is 1.49. The molecule has 0 heterocycles. The Hall–Kier alpha value is -1.91. The highest BCUT2D eigenvalue weighted by Gasteiger charge is 2.14. The van der Waals surface area contributed by atoms with Crippen molar-refractivity contribution < 1.29 is 14.3 Å². The molecule has 1 aliphatic rings. The van der Waals surface area contributed by atoms with Crippen molar-refractivity contribution in [2.45, 2.75) is 6.92 Å². The van der Waals surface area contributed by atoms with Crippen LogP contribution in [-0.2, 0) is 9.53 Å². The summed E-state index contributed by atoms with van der Waals surface area (Å²) in [7, 11) is 0. The Bertz CT molecular complexity index is 342. The van der Waals surface area contributed by atoms with Crippen molar-refractivity contribution in [2.75, 3.05) is 6.61 Å². The lowest BCUT2D eigenvalue weighted by molar-refractivity contribution is -0.111. The molecule has 0 spiro atoms. The van der Waals surface area contributed by atoms with Crippen LogP contribution < -0.4 is 5.32 Å². The molecule has 1 rings (SSSR count). The third-order valence-corrected chi connectivity index (χ3v) is 1.49. The van der Waals surface area contributed by atoms with Crippen LogP contribution in [0.2, 0.25) is 0 Å². The van der Waals surface area contributed by atoms with Gasteiger partial charge in [-0.3, -0.25) is 10.1 Å². The van der Waals surface area contributed by atoms with E-state index in [1.807, 2.05) is 0 Å². The normalized spacial score (nSPS) is 15.1. The van der Waals surface area contributed by atoms with E-state index in [2.05, 4.69) is 10.1 Å². The largest absolute Gasteiger partial charge is 0.450 e. The van der Waals surface area contributed by atoms with Gasteiger partial charge in [-0.25, -0.2) is 4.79 Å². The molecule has 0 saturated heterocycles. The monoisotopic (exact) mass is 194 g/mol. The molecule has 1 aliphatic carbocycles. The Balaban J connectivity index is 2.64. The van der Waals surface area contributed by atoms with Gasteiger partial charge < -0.3 is 10.1 Å². The number of allylic oxidation sites excluding steroid dienone is 3. The second kappa shape index (κ2) is 4.36. The Morgan fingerprint density at radius 3 is 2.93 bits per heavy atom. The first-order valence-electron chi connectivity index (χ1n) is 4.10. The van der Waals surface area contributed by atoms with Gasteiger partial charge in [0.2, 0.25) is 5.78 Å². The maximum absolute atomic E-state index is 11.2. The predicted molar refractivity (Wildman–Crippen MR) is 50.1 cm³/mol. The summed E-state index contributed by atoms with van der Waals surface area (Å²) in [6.45, 7) is 1.90. The van der Waals surface area contributed by atoms with Crippen molar-refractivity contribution in [1.82, 2.24) is 5.32 Å². The van der Waals surface area contributed by atoms with Crippen LogP contribution in [0.5, 0.6) is 0 Å². The molecule has 0 radical (unpaired) electrons. The van der Waals surface area contributed by atoms with Crippen molar-refractivity contribution >= 4 is 17.6 Å². The summed E-state index contributed by atoms with van der Waals surface area (Å²) in [5.74, 6) is -0.339. The summed E-state index contributed by atoms with van der Waals surface area (Å²) in [6, 6.07) is 0.